The fourth-order valence-corrected chi connectivity index (χ4v) is 2.42. The van der Waals surface area contributed by atoms with Crippen LogP contribution in [-0.2, 0) is 14.3 Å². The summed E-state index contributed by atoms with van der Waals surface area (Å²) in [7, 11) is 3.05. The second-order valence-electron chi connectivity index (χ2n) is 5.72. The van der Waals surface area contributed by atoms with Gasteiger partial charge in [0.1, 0.15) is 6.61 Å². The molecule has 0 bridgehead atoms. The minimum absolute atomic E-state index is 0.0438. The molecule has 2 rings (SSSR count). The van der Waals surface area contributed by atoms with Gasteiger partial charge in [0.15, 0.2) is 0 Å². The Labute approximate surface area is 140 Å². The lowest BCUT2D eigenvalue weighted by Gasteiger charge is -2.26. The molecule has 1 fully saturated rings. The molecule has 3 N–H and O–H groups in total. The first-order chi connectivity index (χ1) is 11.4. The van der Waals surface area contributed by atoms with Crippen LogP contribution in [0.4, 0.5) is 16.2 Å². The predicted octanol–water partition coefficient (Wildman–Crippen LogP) is 0.803. The Kier molecular flexibility index (Phi) is 6.13. The number of aryl methyl sites for hydroxylation is 1. The van der Waals surface area contributed by atoms with E-state index in [2.05, 4.69) is 10.6 Å². The Morgan fingerprint density at radius 1 is 1.38 bits per heavy atom. The highest BCUT2D eigenvalue weighted by atomic mass is 16.5. The van der Waals surface area contributed by atoms with E-state index in [1.54, 1.807) is 25.2 Å². The smallest absolute Gasteiger partial charge is 0.322 e. The van der Waals surface area contributed by atoms with Crippen molar-refractivity contribution in [3.8, 4) is 0 Å². The molecule has 1 aliphatic heterocycles. The SMILES string of the molecule is COCC(=O)Nc1ccc(C)c(NC(=O)N(C)[C@H]2COC[C@@H]2O)c1. The fourth-order valence-electron chi connectivity index (χ4n) is 2.42. The monoisotopic (exact) mass is 337 g/mol. The van der Waals surface area contributed by atoms with E-state index in [0.29, 0.717) is 18.0 Å². The van der Waals surface area contributed by atoms with Crippen molar-refractivity contribution < 1.29 is 24.2 Å². The van der Waals surface area contributed by atoms with E-state index in [-0.39, 0.29) is 31.2 Å². The molecule has 8 nitrogen and oxygen atoms in total. The third-order valence-electron chi connectivity index (χ3n) is 3.88. The number of carbonyl (C=O) groups excluding carboxylic acids is 2. The van der Waals surface area contributed by atoms with Gasteiger partial charge < -0.3 is 30.1 Å². The Balaban J connectivity index is 2.05. The summed E-state index contributed by atoms with van der Waals surface area (Å²) in [5, 5.41) is 15.3. The van der Waals surface area contributed by atoms with Crippen molar-refractivity contribution >= 4 is 23.3 Å². The van der Waals surface area contributed by atoms with Crippen molar-refractivity contribution in [3.05, 3.63) is 23.8 Å². The van der Waals surface area contributed by atoms with E-state index in [1.165, 1.54) is 12.0 Å². The molecule has 24 heavy (non-hydrogen) atoms. The highest BCUT2D eigenvalue weighted by molar-refractivity contribution is 5.94. The van der Waals surface area contributed by atoms with Gasteiger partial charge in [-0.25, -0.2) is 4.79 Å². The number of ether oxygens (including phenoxy) is 2. The lowest BCUT2D eigenvalue weighted by Crippen LogP contribution is -2.46. The van der Waals surface area contributed by atoms with Gasteiger partial charge in [-0.2, -0.15) is 0 Å². The van der Waals surface area contributed by atoms with Crippen LogP contribution >= 0.6 is 0 Å². The van der Waals surface area contributed by atoms with Crippen LogP contribution in [0.2, 0.25) is 0 Å². The van der Waals surface area contributed by atoms with Crippen LogP contribution in [0, 0.1) is 6.92 Å². The molecule has 132 valence electrons. The Morgan fingerprint density at radius 2 is 2.12 bits per heavy atom. The van der Waals surface area contributed by atoms with Crippen LogP contribution in [0.1, 0.15) is 5.56 Å². The molecule has 2 atom stereocenters. The van der Waals surface area contributed by atoms with E-state index in [9.17, 15) is 14.7 Å². The first kappa shape index (κ1) is 18.2. The molecule has 1 aromatic rings. The van der Waals surface area contributed by atoms with Crippen LogP contribution in [0.3, 0.4) is 0 Å². The number of nitrogens with zero attached hydrogens (tertiary/aromatic N) is 1. The average Bonchev–Trinajstić information content (AvgIpc) is 2.96. The van der Waals surface area contributed by atoms with Crippen molar-refractivity contribution in [1.29, 1.82) is 0 Å². The minimum atomic E-state index is -0.693. The van der Waals surface area contributed by atoms with Gasteiger partial charge in [0.2, 0.25) is 5.91 Å². The van der Waals surface area contributed by atoms with E-state index >= 15 is 0 Å². The molecule has 0 spiro atoms. The van der Waals surface area contributed by atoms with Gasteiger partial charge in [0.25, 0.3) is 0 Å². The second-order valence-corrected chi connectivity index (χ2v) is 5.72. The van der Waals surface area contributed by atoms with Crippen LogP contribution in [-0.4, -0.2) is 68.1 Å². The number of anilines is 2. The normalized spacial score (nSPS) is 19.8. The molecule has 0 saturated carbocycles. The molecule has 8 heteroatoms. The molecule has 1 heterocycles. The summed E-state index contributed by atoms with van der Waals surface area (Å²) in [4.78, 5) is 25.4. The third kappa shape index (κ3) is 4.44. The van der Waals surface area contributed by atoms with Gasteiger partial charge in [0.05, 0.1) is 25.4 Å². The summed E-state index contributed by atoms with van der Waals surface area (Å²) in [6, 6.07) is 4.49. The molecule has 0 unspecified atom stereocenters. The Hall–Kier alpha value is -2.16. The first-order valence-corrected chi connectivity index (χ1v) is 7.61. The van der Waals surface area contributed by atoms with Gasteiger partial charge in [-0.1, -0.05) is 6.07 Å². The molecule has 1 aromatic carbocycles. The number of hydrogen-bond donors (Lipinski definition) is 3. The number of benzene rings is 1. The molecule has 1 saturated heterocycles. The maximum absolute atomic E-state index is 12.4. The average molecular weight is 337 g/mol. The fraction of sp³-hybridized carbons (Fsp3) is 0.500. The van der Waals surface area contributed by atoms with Crippen molar-refractivity contribution in [3.63, 3.8) is 0 Å². The summed E-state index contributed by atoms with van der Waals surface area (Å²) in [6.07, 6.45) is -0.693. The van der Waals surface area contributed by atoms with Crippen molar-refractivity contribution in [2.45, 2.75) is 19.1 Å². The summed E-state index contributed by atoms with van der Waals surface area (Å²) in [5.41, 5.74) is 1.99. The van der Waals surface area contributed by atoms with E-state index in [0.717, 1.165) is 5.56 Å². The number of aliphatic hydroxyl groups is 1. The molecular weight excluding hydrogens is 314 g/mol. The summed E-state index contributed by atoms with van der Waals surface area (Å²) < 4.78 is 9.94. The number of aliphatic hydroxyl groups excluding tert-OH is 1. The van der Waals surface area contributed by atoms with Gasteiger partial charge in [0, 0.05) is 25.5 Å². The van der Waals surface area contributed by atoms with Gasteiger partial charge in [-0.3, -0.25) is 4.79 Å². The maximum Gasteiger partial charge on any atom is 0.322 e. The topological polar surface area (TPSA) is 100 Å². The molecule has 0 radical (unpaired) electrons. The predicted molar refractivity (Wildman–Crippen MR) is 89.1 cm³/mol. The first-order valence-electron chi connectivity index (χ1n) is 7.61. The van der Waals surface area contributed by atoms with E-state index in [1.807, 2.05) is 6.92 Å². The molecule has 0 aliphatic carbocycles. The number of amides is 3. The van der Waals surface area contributed by atoms with E-state index < -0.39 is 6.10 Å². The van der Waals surface area contributed by atoms with Crippen molar-refractivity contribution in [2.24, 2.45) is 0 Å². The Morgan fingerprint density at radius 3 is 2.75 bits per heavy atom. The number of rotatable bonds is 5. The standard InChI is InChI=1S/C16H23N3O5/c1-10-4-5-11(17-15(21)9-23-3)6-12(10)18-16(22)19(2)13-7-24-8-14(13)20/h4-6,13-14,20H,7-9H2,1-3H3,(H,17,21)(H,18,22)/t13-,14-/m0/s1. The lowest BCUT2D eigenvalue weighted by molar-refractivity contribution is -0.119. The van der Waals surface area contributed by atoms with Crippen molar-refractivity contribution in [1.82, 2.24) is 4.90 Å². The molecule has 3 amide bonds. The van der Waals surface area contributed by atoms with E-state index in [4.69, 9.17) is 9.47 Å². The zero-order chi connectivity index (χ0) is 17.7. The number of carbonyl (C=O) groups is 2. The molecule has 0 aromatic heterocycles. The highest BCUT2D eigenvalue weighted by Gasteiger charge is 2.32. The van der Waals surface area contributed by atoms with Crippen LogP contribution in [0.25, 0.3) is 0 Å². The quantitative estimate of drug-likeness (QED) is 0.738. The second kappa shape index (κ2) is 8.09. The largest absolute Gasteiger partial charge is 0.388 e. The number of likely N-dealkylation sites (N-methyl/N-ethyl adjacent to an activating group) is 1. The number of methoxy groups -OCH3 is 1. The number of urea groups is 1. The van der Waals surface area contributed by atoms with Crippen LogP contribution in [0.15, 0.2) is 18.2 Å². The summed E-state index contributed by atoms with van der Waals surface area (Å²) >= 11 is 0. The molecular formula is C16H23N3O5. The Bertz CT molecular complexity index is 607. The zero-order valence-electron chi connectivity index (χ0n) is 14.0. The van der Waals surface area contributed by atoms with Crippen molar-refractivity contribution in [2.75, 3.05) is 44.6 Å². The molecule has 1 aliphatic rings. The lowest BCUT2D eigenvalue weighted by atomic mass is 10.1. The highest BCUT2D eigenvalue weighted by Crippen LogP contribution is 2.21. The zero-order valence-corrected chi connectivity index (χ0v) is 14.0. The van der Waals surface area contributed by atoms with Gasteiger partial charge in [-0.05, 0) is 24.6 Å². The minimum Gasteiger partial charge on any atom is -0.388 e. The number of nitrogens with one attached hydrogen (secondary N) is 2. The van der Waals surface area contributed by atoms with Crippen LogP contribution in [0.5, 0.6) is 0 Å². The maximum atomic E-state index is 12.4. The van der Waals surface area contributed by atoms with Gasteiger partial charge >= 0.3 is 6.03 Å². The summed E-state index contributed by atoms with van der Waals surface area (Å²) in [6.45, 7) is 2.33. The number of hydrogen-bond acceptors (Lipinski definition) is 5. The van der Waals surface area contributed by atoms with Crippen LogP contribution < -0.4 is 10.6 Å². The van der Waals surface area contributed by atoms with Gasteiger partial charge in [-0.15, -0.1) is 0 Å². The summed E-state index contributed by atoms with van der Waals surface area (Å²) in [5.74, 6) is -0.276. The third-order valence-corrected chi connectivity index (χ3v) is 3.88.